The highest BCUT2D eigenvalue weighted by atomic mass is 32.1. The topological polar surface area (TPSA) is 58.3 Å². The highest BCUT2D eigenvalue weighted by molar-refractivity contribution is 7.14. The number of nitrogens with zero attached hydrogens (tertiary/aromatic N) is 6. The van der Waals surface area contributed by atoms with E-state index in [0.29, 0.717) is 5.92 Å². The first kappa shape index (κ1) is 23.9. The highest BCUT2D eigenvalue weighted by Crippen LogP contribution is 2.35. The Morgan fingerprint density at radius 2 is 1.89 bits per heavy atom. The fourth-order valence-corrected chi connectivity index (χ4v) is 6.03. The van der Waals surface area contributed by atoms with Gasteiger partial charge in [-0.05, 0) is 68.0 Å². The van der Waals surface area contributed by atoms with Gasteiger partial charge in [-0.25, -0.2) is 19.4 Å². The number of amidine groups is 1. The molecule has 0 radical (unpaired) electrons. The molecule has 7 nitrogen and oxygen atoms in total. The van der Waals surface area contributed by atoms with E-state index in [2.05, 4.69) is 51.4 Å². The lowest BCUT2D eigenvalue weighted by molar-refractivity contribution is 0.182. The van der Waals surface area contributed by atoms with Gasteiger partial charge in [0.1, 0.15) is 23.4 Å². The minimum absolute atomic E-state index is 0.184. The number of halogens is 1. The Morgan fingerprint density at radius 1 is 1.11 bits per heavy atom. The van der Waals surface area contributed by atoms with Crippen molar-refractivity contribution in [2.75, 3.05) is 31.6 Å². The third-order valence-electron chi connectivity index (χ3n) is 7.28. The number of pyridine rings is 1. The van der Waals surface area contributed by atoms with Crippen LogP contribution >= 0.6 is 11.3 Å². The number of likely N-dealkylation sites (tertiary alicyclic amines) is 1. The first-order chi connectivity index (χ1) is 18.0. The van der Waals surface area contributed by atoms with Crippen molar-refractivity contribution >= 4 is 34.0 Å². The molecule has 0 amide bonds. The zero-order valence-corrected chi connectivity index (χ0v) is 22.2. The van der Waals surface area contributed by atoms with Crippen LogP contribution in [0.3, 0.4) is 0 Å². The van der Waals surface area contributed by atoms with E-state index in [1.807, 2.05) is 12.4 Å². The number of aromatic nitrogens is 3. The van der Waals surface area contributed by atoms with Crippen LogP contribution in [0, 0.1) is 5.82 Å². The average molecular weight is 519 g/mol. The number of aliphatic imine (C=N–C) groups is 1. The number of rotatable bonds is 5. The summed E-state index contributed by atoms with van der Waals surface area (Å²) in [6.07, 6.45) is 5.40. The van der Waals surface area contributed by atoms with Crippen molar-refractivity contribution in [1.29, 1.82) is 0 Å². The monoisotopic (exact) mass is 518 g/mol. The van der Waals surface area contributed by atoms with Gasteiger partial charge in [-0.3, -0.25) is 4.40 Å². The lowest BCUT2D eigenvalue weighted by Crippen LogP contribution is -2.38. The van der Waals surface area contributed by atoms with Crippen molar-refractivity contribution in [3.05, 3.63) is 65.0 Å². The third-order valence-corrected chi connectivity index (χ3v) is 8.20. The van der Waals surface area contributed by atoms with Crippen LogP contribution in [0.2, 0.25) is 0 Å². The summed E-state index contributed by atoms with van der Waals surface area (Å²) in [6.45, 7) is 6.87. The van der Waals surface area contributed by atoms with Crippen LogP contribution in [-0.2, 0) is 11.2 Å². The van der Waals surface area contributed by atoms with E-state index < -0.39 is 0 Å². The average Bonchev–Trinajstić information content (AvgIpc) is 3.67. The first-order valence-electron chi connectivity index (χ1n) is 12.9. The number of fused-ring (bicyclic) bond motifs is 1. The molecule has 0 aliphatic carbocycles. The molecule has 0 N–H and O–H groups in total. The molecule has 37 heavy (non-hydrogen) atoms. The summed E-state index contributed by atoms with van der Waals surface area (Å²) in [5.41, 5.74) is 5.06. The zero-order chi connectivity index (χ0) is 25.5. The van der Waals surface area contributed by atoms with E-state index in [1.165, 1.54) is 17.7 Å². The molecule has 3 aromatic heterocycles. The Hall–Kier alpha value is -3.46. The maximum atomic E-state index is 13.4. The summed E-state index contributed by atoms with van der Waals surface area (Å²) in [5, 5.41) is 2.90. The minimum Gasteiger partial charge on any atom is -0.460 e. The Morgan fingerprint density at radius 3 is 2.59 bits per heavy atom. The molecule has 0 bridgehead atoms. The fourth-order valence-electron chi connectivity index (χ4n) is 5.23. The van der Waals surface area contributed by atoms with Crippen LogP contribution in [-0.4, -0.2) is 58.1 Å². The molecule has 1 saturated heterocycles. The maximum Gasteiger partial charge on any atom is 0.287 e. The van der Waals surface area contributed by atoms with Crippen molar-refractivity contribution in [3.8, 4) is 11.3 Å². The second-order valence-corrected chi connectivity index (χ2v) is 10.7. The first-order valence-corrected chi connectivity index (χ1v) is 13.8. The molecule has 1 fully saturated rings. The van der Waals surface area contributed by atoms with Crippen molar-refractivity contribution in [1.82, 2.24) is 19.3 Å². The third kappa shape index (κ3) is 4.56. The fraction of sp³-hybridized carbons (Fsp3) is 0.393. The molecule has 4 aromatic rings. The lowest BCUT2D eigenvalue weighted by Gasteiger charge is -2.32. The smallest absolute Gasteiger partial charge is 0.287 e. The number of hydrogen-bond acceptors (Lipinski definition) is 7. The van der Waals surface area contributed by atoms with Gasteiger partial charge in [0, 0.05) is 37.3 Å². The summed E-state index contributed by atoms with van der Waals surface area (Å²) in [4.78, 5) is 18.8. The minimum atomic E-state index is -0.244. The summed E-state index contributed by atoms with van der Waals surface area (Å²) >= 11 is 1.58. The number of thiazole rings is 1. The standard InChI is InChI=1S/C28H31FN6OS/c1-4-23-26(33(3)28-32-24(17-37-28)20-5-8-22(29)9-6-20)35-16-21(7-10-25(35)31-23)19-11-13-34(14-12-19)27-30-15-18(2)36-27/h5-10,16-19H,4,11-15H2,1-3H3. The van der Waals surface area contributed by atoms with Crippen molar-refractivity contribution in [2.45, 2.75) is 45.1 Å². The Balaban J connectivity index is 1.26. The molecule has 1 aromatic carbocycles. The van der Waals surface area contributed by atoms with Gasteiger partial charge in [-0.2, -0.15) is 0 Å². The van der Waals surface area contributed by atoms with E-state index in [0.717, 1.165) is 78.5 Å². The predicted molar refractivity (Wildman–Crippen MR) is 147 cm³/mol. The van der Waals surface area contributed by atoms with Crippen LogP contribution in [0.5, 0.6) is 0 Å². The molecule has 5 heterocycles. The van der Waals surface area contributed by atoms with Gasteiger partial charge in [0.25, 0.3) is 6.02 Å². The second kappa shape index (κ2) is 9.78. The molecule has 9 heteroatoms. The Kier molecular flexibility index (Phi) is 6.32. The van der Waals surface area contributed by atoms with Crippen molar-refractivity contribution in [2.24, 2.45) is 4.99 Å². The molecular formula is C28H31FN6OS. The van der Waals surface area contributed by atoms with Crippen LogP contribution < -0.4 is 4.90 Å². The zero-order valence-electron chi connectivity index (χ0n) is 21.4. The predicted octanol–water partition coefficient (Wildman–Crippen LogP) is 5.88. The molecule has 0 saturated carbocycles. The maximum absolute atomic E-state index is 13.4. The van der Waals surface area contributed by atoms with Crippen LogP contribution in [0.1, 0.15) is 43.9 Å². The van der Waals surface area contributed by atoms with Crippen LogP contribution in [0.25, 0.3) is 16.9 Å². The van der Waals surface area contributed by atoms with Gasteiger partial charge in [0.05, 0.1) is 17.9 Å². The van der Waals surface area contributed by atoms with Gasteiger partial charge < -0.3 is 14.5 Å². The van der Waals surface area contributed by atoms with E-state index in [1.54, 1.807) is 23.5 Å². The molecule has 6 rings (SSSR count). The number of anilines is 2. The van der Waals surface area contributed by atoms with Crippen molar-refractivity contribution in [3.63, 3.8) is 0 Å². The van der Waals surface area contributed by atoms with E-state index in [9.17, 15) is 4.39 Å². The largest absolute Gasteiger partial charge is 0.460 e. The quantitative estimate of drug-likeness (QED) is 0.330. The Bertz CT molecular complexity index is 1440. The summed E-state index contributed by atoms with van der Waals surface area (Å²) in [6, 6.07) is 11.7. The molecule has 0 spiro atoms. The van der Waals surface area contributed by atoms with Crippen molar-refractivity contribution < 1.29 is 9.13 Å². The molecule has 2 aliphatic rings. The van der Waals surface area contributed by atoms with E-state index >= 15 is 0 Å². The van der Waals surface area contributed by atoms with Gasteiger partial charge in [-0.15, -0.1) is 11.3 Å². The lowest BCUT2D eigenvalue weighted by atomic mass is 9.90. The molecular weight excluding hydrogens is 487 g/mol. The van der Waals surface area contributed by atoms with Gasteiger partial charge in [-0.1, -0.05) is 13.0 Å². The molecule has 2 aliphatic heterocycles. The normalized spacial score (nSPS) is 18.3. The molecule has 1 atom stereocenters. The van der Waals surface area contributed by atoms with Gasteiger partial charge >= 0.3 is 0 Å². The van der Waals surface area contributed by atoms with E-state index in [4.69, 9.17) is 14.7 Å². The summed E-state index contributed by atoms with van der Waals surface area (Å²) in [5.74, 6) is 1.28. The Labute approximate surface area is 220 Å². The second-order valence-electron chi connectivity index (χ2n) is 9.82. The van der Waals surface area contributed by atoms with Crippen LogP contribution in [0.15, 0.2) is 53.0 Å². The number of piperidine rings is 1. The summed E-state index contributed by atoms with van der Waals surface area (Å²) < 4.78 is 21.5. The SMILES string of the molecule is CCc1nc2ccc(C3CCN(C4=NCC(C)O4)CC3)cn2c1N(C)c1nc(-c2ccc(F)cc2)cs1. The number of ether oxygens (including phenoxy) is 1. The van der Waals surface area contributed by atoms with E-state index in [-0.39, 0.29) is 11.9 Å². The number of hydrogen-bond donors (Lipinski definition) is 0. The van der Waals surface area contributed by atoms with Gasteiger partial charge in [0.15, 0.2) is 5.13 Å². The molecule has 1 unspecified atom stereocenters. The number of imidazole rings is 1. The molecule has 192 valence electrons. The van der Waals surface area contributed by atoms with Gasteiger partial charge in [0.2, 0.25) is 0 Å². The highest BCUT2D eigenvalue weighted by Gasteiger charge is 2.28. The number of benzene rings is 1. The van der Waals surface area contributed by atoms with Crippen LogP contribution in [0.4, 0.5) is 15.3 Å². The summed E-state index contributed by atoms with van der Waals surface area (Å²) in [7, 11) is 2.05. The number of aryl methyl sites for hydroxylation is 1.